The van der Waals surface area contributed by atoms with E-state index in [0.29, 0.717) is 0 Å². The Kier molecular flexibility index (Phi) is 6.06. The minimum Gasteiger partial charge on any atom is -0.383 e. The van der Waals surface area contributed by atoms with E-state index in [9.17, 15) is 0 Å². The number of nitrogens with zero attached hydrogens (tertiary/aromatic N) is 2. The Morgan fingerprint density at radius 3 is 2.33 bits per heavy atom. The molecule has 3 heteroatoms. The Hall–Kier alpha value is -0.990. The fraction of sp³-hybridized carbons (Fsp3) is 0.750. The minimum atomic E-state index is 0.0755. The van der Waals surface area contributed by atoms with Crippen molar-refractivity contribution in [3.63, 3.8) is 0 Å². The summed E-state index contributed by atoms with van der Waals surface area (Å²) in [5.41, 5.74) is 1.18. The molecule has 0 aliphatic carbocycles. The van der Waals surface area contributed by atoms with Gasteiger partial charge in [-0.3, -0.25) is 4.68 Å². The third-order valence-electron chi connectivity index (χ3n) is 1.85. The van der Waals surface area contributed by atoms with Gasteiger partial charge in [0.25, 0.3) is 0 Å². The van der Waals surface area contributed by atoms with E-state index in [1.54, 1.807) is 0 Å². The molecule has 0 saturated heterocycles. The second-order valence-corrected chi connectivity index (χ2v) is 4.27. The first-order valence-electron chi connectivity index (χ1n) is 5.83. The van der Waals surface area contributed by atoms with Gasteiger partial charge in [0.15, 0.2) is 0 Å². The Morgan fingerprint density at radius 1 is 1.33 bits per heavy atom. The monoisotopic (exact) mass is 211 g/mol. The summed E-state index contributed by atoms with van der Waals surface area (Å²) in [6.07, 6.45) is 5.07. The zero-order chi connectivity index (χ0) is 11.9. The first-order valence-corrected chi connectivity index (χ1v) is 5.83. The Morgan fingerprint density at radius 2 is 1.93 bits per heavy atom. The van der Waals surface area contributed by atoms with Crippen LogP contribution in [-0.4, -0.2) is 16.3 Å². The van der Waals surface area contributed by atoms with Crippen molar-refractivity contribution in [3.05, 3.63) is 12.4 Å². The number of anilines is 1. The number of hydrogen-bond acceptors (Lipinski definition) is 2. The molecule has 0 saturated carbocycles. The highest BCUT2D eigenvalue weighted by atomic mass is 15.3. The van der Waals surface area contributed by atoms with E-state index in [1.165, 1.54) is 0 Å². The predicted molar refractivity (Wildman–Crippen MR) is 67.4 cm³/mol. The molecule has 0 aliphatic rings. The van der Waals surface area contributed by atoms with Crippen LogP contribution in [0.15, 0.2) is 12.4 Å². The Labute approximate surface area is 93.9 Å². The molecule has 0 amide bonds. The largest absolute Gasteiger partial charge is 0.383 e. The van der Waals surface area contributed by atoms with Gasteiger partial charge in [-0.05, 0) is 27.2 Å². The van der Waals surface area contributed by atoms with Crippen LogP contribution in [0, 0.1) is 0 Å². The van der Waals surface area contributed by atoms with Crippen molar-refractivity contribution in [3.8, 4) is 0 Å². The van der Waals surface area contributed by atoms with Crippen LogP contribution in [0.3, 0.4) is 0 Å². The smallest absolute Gasteiger partial charge is 0.0726 e. The minimum absolute atomic E-state index is 0.0755. The SMILES string of the molecule is CC.CCCNc1cnn(C(C)(C)C)c1. The van der Waals surface area contributed by atoms with Crippen molar-refractivity contribution < 1.29 is 0 Å². The molecular formula is C12H25N3. The molecule has 0 atom stereocenters. The van der Waals surface area contributed by atoms with Gasteiger partial charge in [0.1, 0.15) is 0 Å². The van der Waals surface area contributed by atoms with Gasteiger partial charge in [0, 0.05) is 12.7 Å². The molecule has 0 unspecified atom stereocenters. The third kappa shape index (κ3) is 4.86. The number of nitrogens with one attached hydrogen (secondary N) is 1. The molecule has 15 heavy (non-hydrogen) atoms. The second kappa shape index (κ2) is 6.49. The summed E-state index contributed by atoms with van der Waals surface area (Å²) in [5, 5.41) is 7.60. The highest BCUT2D eigenvalue weighted by molar-refractivity contribution is 5.38. The quantitative estimate of drug-likeness (QED) is 0.829. The predicted octanol–water partition coefficient (Wildman–Crippen LogP) is 3.49. The third-order valence-corrected chi connectivity index (χ3v) is 1.85. The van der Waals surface area contributed by atoms with E-state index in [0.717, 1.165) is 18.7 Å². The number of aromatic nitrogens is 2. The summed E-state index contributed by atoms with van der Waals surface area (Å²) in [6, 6.07) is 0. The van der Waals surface area contributed by atoms with E-state index in [-0.39, 0.29) is 5.54 Å². The molecule has 0 fully saturated rings. The van der Waals surface area contributed by atoms with Crippen LogP contribution in [-0.2, 0) is 5.54 Å². The normalized spacial score (nSPS) is 10.5. The van der Waals surface area contributed by atoms with Crippen molar-refractivity contribution in [2.45, 2.75) is 53.5 Å². The van der Waals surface area contributed by atoms with Gasteiger partial charge >= 0.3 is 0 Å². The molecule has 0 aromatic carbocycles. The maximum absolute atomic E-state index is 4.29. The van der Waals surface area contributed by atoms with Gasteiger partial charge in [0.05, 0.1) is 17.4 Å². The summed E-state index contributed by atoms with van der Waals surface area (Å²) < 4.78 is 1.98. The van der Waals surface area contributed by atoms with E-state index >= 15 is 0 Å². The van der Waals surface area contributed by atoms with Crippen LogP contribution in [0.25, 0.3) is 0 Å². The van der Waals surface area contributed by atoms with Crippen LogP contribution < -0.4 is 5.32 Å². The maximum Gasteiger partial charge on any atom is 0.0726 e. The highest BCUT2D eigenvalue weighted by Crippen LogP contribution is 2.15. The van der Waals surface area contributed by atoms with E-state index < -0.39 is 0 Å². The lowest BCUT2D eigenvalue weighted by molar-refractivity contribution is 0.355. The zero-order valence-corrected chi connectivity index (χ0v) is 11.0. The average molecular weight is 211 g/mol. The lowest BCUT2D eigenvalue weighted by atomic mass is 10.1. The summed E-state index contributed by atoms with van der Waals surface area (Å²) in [6.45, 7) is 13.6. The summed E-state index contributed by atoms with van der Waals surface area (Å²) >= 11 is 0. The van der Waals surface area contributed by atoms with Crippen molar-refractivity contribution in [1.82, 2.24) is 9.78 Å². The van der Waals surface area contributed by atoms with Crippen molar-refractivity contribution in [1.29, 1.82) is 0 Å². The van der Waals surface area contributed by atoms with E-state index in [1.807, 2.05) is 24.7 Å². The molecule has 88 valence electrons. The topological polar surface area (TPSA) is 29.9 Å². The summed E-state index contributed by atoms with van der Waals surface area (Å²) in [5.74, 6) is 0. The molecule has 1 N–H and O–H groups in total. The lowest BCUT2D eigenvalue weighted by Crippen LogP contribution is -2.21. The second-order valence-electron chi connectivity index (χ2n) is 4.27. The zero-order valence-electron chi connectivity index (χ0n) is 11.0. The van der Waals surface area contributed by atoms with Gasteiger partial charge in [-0.15, -0.1) is 0 Å². The first kappa shape index (κ1) is 14.0. The maximum atomic E-state index is 4.29. The molecule has 0 radical (unpaired) electrons. The van der Waals surface area contributed by atoms with Gasteiger partial charge in [-0.25, -0.2) is 0 Å². The Balaban J connectivity index is 0.000000921. The van der Waals surface area contributed by atoms with Crippen LogP contribution in [0.4, 0.5) is 5.69 Å². The van der Waals surface area contributed by atoms with Crippen LogP contribution in [0.5, 0.6) is 0 Å². The fourth-order valence-corrected chi connectivity index (χ4v) is 1.05. The molecule has 0 spiro atoms. The molecule has 0 bridgehead atoms. The molecule has 1 aromatic rings. The molecular weight excluding hydrogens is 186 g/mol. The molecule has 0 aliphatic heterocycles. The molecule has 3 nitrogen and oxygen atoms in total. The van der Waals surface area contributed by atoms with E-state index in [4.69, 9.17) is 0 Å². The first-order chi connectivity index (χ1) is 7.04. The molecule has 1 aromatic heterocycles. The van der Waals surface area contributed by atoms with Crippen molar-refractivity contribution in [2.75, 3.05) is 11.9 Å². The fourth-order valence-electron chi connectivity index (χ4n) is 1.05. The number of rotatable bonds is 3. The van der Waals surface area contributed by atoms with Gasteiger partial charge in [-0.2, -0.15) is 5.10 Å². The van der Waals surface area contributed by atoms with Crippen LogP contribution in [0.2, 0.25) is 0 Å². The van der Waals surface area contributed by atoms with Gasteiger partial charge < -0.3 is 5.32 Å². The number of hydrogen-bond donors (Lipinski definition) is 1. The van der Waals surface area contributed by atoms with Crippen LogP contribution >= 0.6 is 0 Å². The summed E-state index contributed by atoms with van der Waals surface area (Å²) in [4.78, 5) is 0. The molecule has 1 heterocycles. The Bertz CT molecular complexity index is 258. The average Bonchev–Trinajstić information content (AvgIpc) is 2.65. The molecule has 1 rings (SSSR count). The van der Waals surface area contributed by atoms with Gasteiger partial charge in [-0.1, -0.05) is 20.8 Å². The van der Waals surface area contributed by atoms with Crippen molar-refractivity contribution in [2.24, 2.45) is 0 Å². The standard InChI is InChI=1S/C10H19N3.C2H6/c1-5-6-11-9-7-12-13(8-9)10(2,3)4;1-2/h7-8,11H,5-6H2,1-4H3;1-2H3. The van der Waals surface area contributed by atoms with Crippen molar-refractivity contribution >= 4 is 5.69 Å². The lowest BCUT2D eigenvalue weighted by Gasteiger charge is -2.18. The van der Waals surface area contributed by atoms with Gasteiger partial charge in [0.2, 0.25) is 0 Å². The highest BCUT2D eigenvalue weighted by Gasteiger charge is 2.13. The summed E-state index contributed by atoms with van der Waals surface area (Å²) in [7, 11) is 0. The van der Waals surface area contributed by atoms with Crippen LogP contribution in [0.1, 0.15) is 48.0 Å². The van der Waals surface area contributed by atoms with E-state index in [2.05, 4.69) is 44.3 Å².